The molecule has 2 N–H and O–H groups in total. The van der Waals surface area contributed by atoms with E-state index in [4.69, 9.17) is 9.73 Å². The van der Waals surface area contributed by atoms with Gasteiger partial charge in [0.2, 0.25) is 0 Å². The summed E-state index contributed by atoms with van der Waals surface area (Å²) in [5.41, 5.74) is 1.25. The van der Waals surface area contributed by atoms with Gasteiger partial charge in [-0.3, -0.25) is 4.90 Å². The van der Waals surface area contributed by atoms with Gasteiger partial charge in [0.1, 0.15) is 0 Å². The van der Waals surface area contributed by atoms with Gasteiger partial charge in [0.05, 0.1) is 19.8 Å². The van der Waals surface area contributed by atoms with Crippen LogP contribution in [0.4, 0.5) is 0 Å². The summed E-state index contributed by atoms with van der Waals surface area (Å²) in [6, 6.07) is 8.26. The van der Waals surface area contributed by atoms with Gasteiger partial charge in [0.25, 0.3) is 0 Å². The molecule has 5 nitrogen and oxygen atoms in total. The van der Waals surface area contributed by atoms with Crippen LogP contribution in [0.15, 0.2) is 33.7 Å². The third-order valence-electron chi connectivity index (χ3n) is 4.21. The first-order valence-electron chi connectivity index (χ1n) is 8.60. The Kier molecular flexibility index (Phi) is 10.3. The molecule has 7 heteroatoms. The molecular weight excluding hydrogens is 495 g/mol. The highest BCUT2D eigenvalue weighted by molar-refractivity contribution is 14.0. The molecule has 0 unspecified atom stereocenters. The molecule has 0 amide bonds. The molecular formula is C18H30BrIN4O. The maximum absolute atomic E-state index is 5.45. The molecule has 1 saturated heterocycles. The second kappa shape index (κ2) is 11.4. The van der Waals surface area contributed by atoms with Crippen molar-refractivity contribution in [3.05, 3.63) is 34.3 Å². The number of ether oxygens (including phenoxy) is 1. The van der Waals surface area contributed by atoms with Crippen molar-refractivity contribution in [1.29, 1.82) is 0 Å². The Morgan fingerprint density at radius 3 is 2.64 bits per heavy atom. The second-order valence-electron chi connectivity index (χ2n) is 6.59. The molecule has 0 atom stereocenters. The topological polar surface area (TPSA) is 48.9 Å². The number of morpholine rings is 1. The molecule has 142 valence electrons. The second-order valence-corrected chi connectivity index (χ2v) is 7.51. The Bertz CT molecular complexity index is 548. The summed E-state index contributed by atoms with van der Waals surface area (Å²) in [5.74, 6) is 0.860. The Labute approximate surface area is 177 Å². The van der Waals surface area contributed by atoms with Crippen molar-refractivity contribution in [2.45, 2.75) is 32.9 Å². The highest BCUT2D eigenvalue weighted by Crippen LogP contribution is 2.15. The zero-order chi connectivity index (χ0) is 17.4. The summed E-state index contributed by atoms with van der Waals surface area (Å²) >= 11 is 3.51. The zero-order valence-corrected chi connectivity index (χ0v) is 19.3. The van der Waals surface area contributed by atoms with E-state index in [1.165, 1.54) is 5.56 Å². The fourth-order valence-electron chi connectivity index (χ4n) is 2.73. The van der Waals surface area contributed by atoms with Gasteiger partial charge in [-0.1, -0.05) is 28.1 Å². The number of hydrogen-bond acceptors (Lipinski definition) is 3. The van der Waals surface area contributed by atoms with Gasteiger partial charge in [-0.2, -0.15) is 0 Å². The first-order chi connectivity index (χ1) is 11.5. The van der Waals surface area contributed by atoms with E-state index < -0.39 is 0 Å². The van der Waals surface area contributed by atoms with Crippen LogP contribution in [0.3, 0.4) is 0 Å². The Morgan fingerprint density at radius 1 is 1.28 bits per heavy atom. The van der Waals surface area contributed by atoms with Gasteiger partial charge in [-0.05, 0) is 38.5 Å². The molecule has 0 aliphatic carbocycles. The molecule has 1 heterocycles. The SMILES string of the molecule is CCNC(=NCc1cccc(Br)c1)NCC(C)(C)N1CCOCC1.I. The summed E-state index contributed by atoms with van der Waals surface area (Å²) in [5, 5.41) is 6.81. The lowest BCUT2D eigenvalue weighted by Gasteiger charge is -2.41. The molecule has 2 rings (SSSR count). The summed E-state index contributed by atoms with van der Waals surface area (Å²) in [6.07, 6.45) is 0. The molecule has 1 aromatic rings. The zero-order valence-electron chi connectivity index (χ0n) is 15.3. The number of guanidine groups is 1. The largest absolute Gasteiger partial charge is 0.379 e. The number of hydrogen-bond donors (Lipinski definition) is 2. The number of aliphatic imine (C=N–C) groups is 1. The average molecular weight is 525 g/mol. The minimum Gasteiger partial charge on any atom is -0.379 e. The van der Waals surface area contributed by atoms with E-state index in [0.29, 0.717) is 6.54 Å². The highest BCUT2D eigenvalue weighted by atomic mass is 127. The van der Waals surface area contributed by atoms with Crippen LogP contribution in [-0.2, 0) is 11.3 Å². The van der Waals surface area contributed by atoms with Gasteiger partial charge < -0.3 is 15.4 Å². The van der Waals surface area contributed by atoms with Crippen molar-refractivity contribution < 1.29 is 4.74 Å². The summed E-state index contributed by atoms with van der Waals surface area (Å²) in [7, 11) is 0. The number of halogens is 2. The average Bonchev–Trinajstić information content (AvgIpc) is 2.58. The van der Waals surface area contributed by atoms with E-state index in [0.717, 1.165) is 49.8 Å². The van der Waals surface area contributed by atoms with Crippen LogP contribution in [0.1, 0.15) is 26.3 Å². The molecule has 1 aliphatic rings. The van der Waals surface area contributed by atoms with Crippen molar-refractivity contribution in [2.75, 3.05) is 39.4 Å². The molecule has 0 aromatic heterocycles. The maximum atomic E-state index is 5.45. The standard InChI is InChI=1S/C18H29BrN4O.HI/c1-4-20-17(21-13-15-6-5-7-16(19)12-15)22-14-18(2,3)23-8-10-24-11-9-23;/h5-7,12H,4,8-11,13-14H2,1-3H3,(H2,20,21,22);1H. The Hall–Kier alpha value is -0.380. The van der Waals surface area contributed by atoms with Crippen LogP contribution < -0.4 is 10.6 Å². The first kappa shape index (κ1) is 22.7. The Balaban J connectivity index is 0.00000312. The number of benzene rings is 1. The third kappa shape index (κ3) is 7.80. The number of nitrogens with zero attached hydrogens (tertiary/aromatic N) is 2. The lowest BCUT2D eigenvalue weighted by molar-refractivity contribution is -0.00834. The van der Waals surface area contributed by atoms with Crippen molar-refractivity contribution in [1.82, 2.24) is 15.5 Å². The Morgan fingerprint density at radius 2 is 2.00 bits per heavy atom. The van der Waals surface area contributed by atoms with Crippen LogP contribution in [-0.4, -0.2) is 55.8 Å². The molecule has 0 spiro atoms. The predicted octanol–water partition coefficient (Wildman–Crippen LogP) is 3.23. The minimum atomic E-state index is 0. The minimum absolute atomic E-state index is 0. The lowest BCUT2D eigenvalue weighted by atomic mass is 10.0. The van der Waals surface area contributed by atoms with Crippen molar-refractivity contribution in [3.63, 3.8) is 0 Å². The molecule has 1 aromatic carbocycles. The predicted molar refractivity (Wildman–Crippen MR) is 119 cm³/mol. The van der Waals surface area contributed by atoms with E-state index in [1.807, 2.05) is 12.1 Å². The fraction of sp³-hybridized carbons (Fsp3) is 0.611. The quantitative estimate of drug-likeness (QED) is 0.341. The van der Waals surface area contributed by atoms with Crippen LogP contribution in [0.5, 0.6) is 0 Å². The van der Waals surface area contributed by atoms with Crippen molar-refractivity contribution in [3.8, 4) is 0 Å². The van der Waals surface area contributed by atoms with E-state index in [1.54, 1.807) is 0 Å². The van der Waals surface area contributed by atoms with Crippen LogP contribution in [0, 0.1) is 0 Å². The molecule has 1 aliphatic heterocycles. The van der Waals surface area contributed by atoms with Crippen molar-refractivity contribution >= 4 is 45.9 Å². The maximum Gasteiger partial charge on any atom is 0.191 e. The molecule has 25 heavy (non-hydrogen) atoms. The molecule has 0 saturated carbocycles. The number of nitrogens with one attached hydrogen (secondary N) is 2. The van der Waals surface area contributed by atoms with Crippen LogP contribution >= 0.6 is 39.9 Å². The van der Waals surface area contributed by atoms with Gasteiger partial charge in [-0.25, -0.2) is 4.99 Å². The lowest BCUT2D eigenvalue weighted by Crippen LogP contribution is -2.56. The smallest absolute Gasteiger partial charge is 0.191 e. The highest BCUT2D eigenvalue weighted by Gasteiger charge is 2.28. The van der Waals surface area contributed by atoms with E-state index in [2.05, 4.69) is 64.4 Å². The van der Waals surface area contributed by atoms with Gasteiger partial charge in [-0.15, -0.1) is 24.0 Å². The number of rotatable bonds is 6. The molecule has 0 radical (unpaired) electrons. The van der Waals surface area contributed by atoms with Crippen LogP contribution in [0.2, 0.25) is 0 Å². The van der Waals surface area contributed by atoms with Crippen molar-refractivity contribution in [2.24, 2.45) is 4.99 Å². The normalized spacial score (nSPS) is 16.2. The third-order valence-corrected chi connectivity index (χ3v) is 4.70. The summed E-state index contributed by atoms with van der Waals surface area (Å²) in [4.78, 5) is 7.18. The summed E-state index contributed by atoms with van der Waals surface area (Å²) in [6.45, 7) is 12.6. The van der Waals surface area contributed by atoms with E-state index in [9.17, 15) is 0 Å². The van der Waals surface area contributed by atoms with Gasteiger partial charge in [0, 0.05) is 36.2 Å². The molecule has 0 bridgehead atoms. The van der Waals surface area contributed by atoms with E-state index >= 15 is 0 Å². The monoisotopic (exact) mass is 524 g/mol. The van der Waals surface area contributed by atoms with E-state index in [-0.39, 0.29) is 29.5 Å². The van der Waals surface area contributed by atoms with Gasteiger partial charge in [0.15, 0.2) is 5.96 Å². The fourth-order valence-corrected chi connectivity index (χ4v) is 3.17. The first-order valence-corrected chi connectivity index (χ1v) is 9.40. The summed E-state index contributed by atoms with van der Waals surface area (Å²) < 4.78 is 6.54. The molecule has 1 fully saturated rings. The van der Waals surface area contributed by atoms with Gasteiger partial charge >= 0.3 is 0 Å². The van der Waals surface area contributed by atoms with Crippen LogP contribution in [0.25, 0.3) is 0 Å².